The molecule has 0 radical (unpaired) electrons. The number of carbonyl (C=O) groups is 1. The van der Waals surface area contributed by atoms with Gasteiger partial charge in [-0.05, 0) is 23.6 Å². The first-order chi connectivity index (χ1) is 9.77. The molecule has 1 heterocycles. The number of hydrogen-bond donors (Lipinski definition) is 0. The Labute approximate surface area is 117 Å². The van der Waals surface area contributed by atoms with Crippen molar-refractivity contribution in [3.63, 3.8) is 0 Å². The van der Waals surface area contributed by atoms with E-state index in [1.807, 2.05) is 60.7 Å². The van der Waals surface area contributed by atoms with E-state index in [9.17, 15) is 4.79 Å². The van der Waals surface area contributed by atoms with Crippen LogP contribution in [0.25, 0.3) is 10.8 Å². The molecule has 0 unspecified atom stereocenters. The van der Waals surface area contributed by atoms with Crippen molar-refractivity contribution in [2.45, 2.75) is 0 Å². The summed E-state index contributed by atoms with van der Waals surface area (Å²) in [6.07, 6.45) is 1.67. The Morgan fingerprint density at radius 1 is 0.950 bits per heavy atom. The smallest absolute Gasteiger partial charge is 0.277 e. The summed E-state index contributed by atoms with van der Waals surface area (Å²) in [6.45, 7) is 0. The molecule has 0 atom stereocenters. The number of nitrogens with zero attached hydrogens (tertiary/aromatic N) is 2. The molecule has 20 heavy (non-hydrogen) atoms. The molecule has 0 fully saturated rings. The Morgan fingerprint density at radius 3 is 2.45 bits per heavy atom. The quantitative estimate of drug-likeness (QED) is 0.708. The maximum Gasteiger partial charge on any atom is 0.277 e. The molecule has 0 aliphatic rings. The summed E-state index contributed by atoms with van der Waals surface area (Å²) >= 11 is 0. The number of para-hydroxylation sites is 1. The molecule has 1 amide bonds. The van der Waals surface area contributed by atoms with E-state index in [0.717, 1.165) is 16.5 Å². The highest BCUT2D eigenvalue weighted by molar-refractivity contribution is 6.12. The Hall–Kier alpha value is -2.68. The predicted octanol–water partition coefficient (Wildman–Crippen LogP) is 3.51. The van der Waals surface area contributed by atoms with Crippen LogP contribution in [0.3, 0.4) is 0 Å². The fraction of sp³-hybridized carbons (Fsp3) is 0.0588. The van der Waals surface area contributed by atoms with Crippen molar-refractivity contribution in [1.82, 2.24) is 4.98 Å². The lowest BCUT2D eigenvalue weighted by Gasteiger charge is -2.17. The standard InChI is InChI=1S/C17H14N2O/c1-19(14-8-3-2-4-9-14)17(20)16-15-10-6-5-7-13(15)11-12-18-16/h2-12H,1H3. The fourth-order valence-corrected chi connectivity index (χ4v) is 2.22. The van der Waals surface area contributed by atoms with E-state index >= 15 is 0 Å². The summed E-state index contributed by atoms with van der Waals surface area (Å²) in [5, 5.41) is 1.90. The van der Waals surface area contributed by atoms with Gasteiger partial charge < -0.3 is 4.90 Å². The zero-order chi connectivity index (χ0) is 13.9. The predicted molar refractivity (Wildman–Crippen MR) is 80.9 cm³/mol. The molecule has 2 aromatic carbocycles. The molecule has 0 aliphatic carbocycles. The average molecular weight is 262 g/mol. The van der Waals surface area contributed by atoms with Crippen LogP contribution in [0.15, 0.2) is 66.9 Å². The van der Waals surface area contributed by atoms with Crippen molar-refractivity contribution in [2.24, 2.45) is 0 Å². The van der Waals surface area contributed by atoms with Crippen LogP contribution >= 0.6 is 0 Å². The van der Waals surface area contributed by atoms with Crippen LogP contribution in [-0.4, -0.2) is 17.9 Å². The number of pyridine rings is 1. The molecule has 3 rings (SSSR count). The number of anilines is 1. The summed E-state index contributed by atoms with van der Waals surface area (Å²) < 4.78 is 0. The van der Waals surface area contributed by atoms with Gasteiger partial charge in [-0.1, -0.05) is 42.5 Å². The van der Waals surface area contributed by atoms with Gasteiger partial charge in [0, 0.05) is 24.3 Å². The molecule has 3 heteroatoms. The topological polar surface area (TPSA) is 33.2 Å². The van der Waals surface area contributed by atoms with Gasteiger partial charge in [0.2, 0.25) is 0 Å². The molecular weight excluding hydrogens is 248 g/mol. The molecule has 0 spiro atoms. The number of aromatic nitrogens is 1. The highest BCUT2D eigenvalue weighted by atomic mass is 16.2. The summed E-state index contributed by atoms with van der Waals surface area (Å²) in [5.74, 6) is -0.104. The molecular formula is C17H14N2O. The summed E-state index contributed by atoms with van der Waals surface area (Å²) in [7, 11) is 1.76. The third-order valence-corrected chi connectivity index (χ3v) is 3.32. The molecule has 1 aromatic heterocycles. The Morgan fingerprint density at radius 2 is 1.65 bits per heavy atom. The first-order valence-electron chi connectivity index (χ1n) is 6.44. The lowest BCUT2D eigenvalue weighted by atomic mass is 10.1. The highest BCUT2D eigenvalue weighted by Gasteiger charge is 2.17. The van der Waals surface area contributed by atoms with Crippen LogP contribution in [0.5, 0.6) is 0 Å². The van der Waals surface area contributed by atoms with Crippen LogP contribution in [0.2, 0.25) is 0 Å². The van der Waals surface area contributed by atoms with Crippen molar-refractivity contribution in [2.75, 3.05) is 11.9 Å². The zero-order valence-electron chi connectivity index (χ0n) is 11.2. The maximum absolute atomic E-state index is 12.6. The number of amides is 1. The van der Waals surface area contributed by atoms with Gasteiger partial charge in [-0.2, -0.15) is 0 Å². The van der Waals surface area contributed by atoms with Crippen molar-refractivity contribution in [3.05, 3.63) is 72.6 Å². The number of hydrogen-bond acceptors (Lipinski definition) is 2. The average Bonchev–Trinajstić information content (AvgIpc) is 2.54. The Bertz CT molecular complexity index is 748. The van der Waals surface area contributed by atoms with Gasteiger partial charge in [-0.25, -0.2) is 0 Å². The van der Waals surface area contributed by atoms with Gasteiger partial charge >= 0.3 is 0 Å². The summed E-state index contributed by atoms with van der Waals surface area (Å²) in [5.41, 5.74) is 1.33. The fourth-order valence-electron chi connectivity index (χ4n) is 2.22. The van der Waals surface area contributed by atoms with Crippen molar-refractivity contribution in [1.29, 1.82) is 0 Å². The third-order valence-electron chi connectivity index (χ3n) is 3.32. The van der Waals surface area contributed by atoms with Gasteiger partial charge in [0.15, 0.2) is 0 Å². The van der Waals surface area contributed by atoms with Gasteiger partial charge in [-0.15, -0.1) is 0 Å². The number of benzene rings is 2. The van der Waals surface area contributed by atoms with E-state index in [1.54, 1.807) is 18.1 Å². The summed E-state index contributed by atoms with van der Waals surface area (Å²) in [6, 6.07) is 19.3. The van der Waals surface area contributed by atoms with E-state index in [2.05, 4.69) is 4.98 Å². The maximum atomic E-state index is 12.6. The molecule has 3 aromatic rings. The van der Waals surface area contributed by atoms with Crippen molar-refractivity contribution in [3.8, 4) is 0 Å². The van der Waals surface area contributed by atoms with Crippen LogP contribution in [-0.2, 0) is 0 Å². The largest absolute Gasteiger partial charge is 0.310 e. The normalized spacial score (nSPS) is 10.4. The second kappa shape index (κ2) is 5.13. The minimum absolute atomic E-state index is 0.104. The molecule has 0 aliphatic heterocycles. The number of rotatable bonds is 2. The second-order valence-corrected chi connectivity index (χ2v) is 4.58. The van der Waals surface area contributed by atoms with Crippen LogP contribution in [0, 0.1) is 0 Å². The monoisotopic (exact) mass is 262 g/mol. The lowest BCUT2D eigenvalue weighted by Crippen LogP contribution is -2.27. The van der Waals surface area contributed by atoms with Gasteiger partial charge in [-0.3, -0.25) is 9.78 Å². The van der Waals surface area contributed by atoms with E-state index in [0.29, 0.717) is 5.69 Å². The minimum atomic E-state index is -0.104. The van der Waals surface area contributed by atoms with Gasteiger partial charge in [0.05, 0.1) is 0 Å². The molecule has 0 N–H and O–H groups in total. The molecule has 3 nitrogen and oxygen atoms in total. The number of carbonyl (C=O) groups excluding carboxylic acids is 1. The van der Waals surface area contributed by atoms with Crippen molar-refractivity contribution < 1.29 is 4.79 Å². The van der Waals surface area contributed by atoms with E-state index in [-0.39, 0.29) is 5.91 Å². The Kier molecular flexibility index (Phi) is 3.17. The molecule has 0 bridgehead atoms. The van der Waals surface area contributed by atoms with Crippen LogP contribution < -0.4 is 4.90 Å². The molecule has 98 valence electrons. The minimum Gasteiger partial charge on any atom is -0.310 e. The second-order valence-electron chi connectivity index (χ2n) is 4.58. The summed E-state index contributed by atoms with van der Waals surface area (Å²) in [4.78, 5) is 18.5. The van der Waals surface area contributed by atoms with Crippen LogP contribution in [0.4, 0.5) is 5.69 Å². The van der Waals surface area contributed by atoms with Gasteiger partial charge in [0.1, 0.15) is 5.69 Å². The zero-order valence-corrected chi connectivity index (χ0v) is 11.2. The molecule has 0 saturated carbocycles. The van der Waals surface area contributed by atoms with Crippen LogP contribution in [0.1, 0.15) is 10.5 Å². The van der Waals surface area contributed by atoms with E-state index < -0.39 is 0 Å². The Balaban J connectivity index is 2.05. The first kappa shape index (κ1) is 12.4. The third kappa shape index (κ3) is 2.14. The highest BCUT2D eigenvalue weighted by Crippen LogP contribution is 2.20. The number of fused-ring (bicyclic) bond motifs is 1. The van der Waals surface area contributed by atoms with E-state index in [4.69, 9.17) is 0 Å². The SMILES string of the molecule is CN(C(=O)c1nccc2ccccc12)c1ccccc1. The molecule has 0 saturated heterocycles. The van der Waals surface area contributed by atoms with Gasteiger partial charge in [0.25, 0.3) is 5.91 Å². The van der Waals surface area contributed by atoms with Crippen molar-refractivity contribution >= 4 is 22.4 Å². The lowest BCUT2D eigenvalue weighted by molar-refractivity contribution is 0.0990. The van der Waals surface area contributed by atoms with E-state index in [1.165, 1.54) is 0 Å². The first-order valence-corrected chi connectivity index (χ1v) is 6.44.